The van der Waals surface area contributed by atoms with Gasteiger partial charge in [-0.3, -0.25) is 9.59 Å². The second-order valence-electron chi connectivity index (χ2n) is 10.4. The van der Waals surface area contributed by atoms with E-state index in [1.165, 1.54) is 0 Å². The minimum absolute atomic E-state index is 0.00205. The van der Waals surface area contributed by atoms with Gasteiger partial charge in [-0.1, -0.05) is 45.4 Å². The molecule has 0 saturated heterocycles. The van der Waals surface area contributed by atoms with Crippen molar-refractivity contribution in [2.75, 3.05) is 6.54 Å². The van der Waals surface area contributed by atoms with Crippen LogP contribution in [0.2, 0.25) is 0 Å². The third-order valence-electron chi connectivity index (χ3n) is 5.72. The Bertz CT molecular complexity index is 874. The number of hydrogen-bond acceptors (Lipinski definition) is 5. The number of carbonyl (C=O) groups excluding carboxylic acids is 3. The number of carbonyl (C=O) groups is 3. The predicted molar refractivity (Wildman–Crippen MR) is 131 cm³/mol. The number of ether oxygens (including phenoxy) is 1. The molecule has 3 amide bonds. The summed E-state index contributed by atoms with van der Waals surface area (Å²) in [4.78, 5) is 41.4. The van der Waals surface area contributed by atoms with Gasteiger partial charge in [0.1, 0.15) is 23.4 Å². The van der Waals surface area contributed by atoms with E-state index in [2.05, 4.69) is 10.6 Å². The molecule has 190 valence electrons. The average Bonchev–Trinajstić information content (AvgIpc) is 3.55. The van der Waals surface area contributed by atoms with Crippen molar-refractivity contribution in [3.63, 3.8) is 0 Å². The third kappa shape index (κ3) is 7.37. The van der Waals surface area contributed by atoms with Gasteiger partial charge in [-0.25, -0.2) is 4.79 Å². The van der Waals surface area contributed by atoms with Crippen LogP contribution < -0.4 is 10.6 Å². The second kappa shape index (κ2) is 11.6. The van der Waals surface area contributed by atoms with Crippen molar-refractivity contribution in [1.82, 2.24) is 15.5 Å². The Balaban J connectivity index is 2.45. The van der Waals surface area contributed by atoms with E-state index in [4.69, 9.17) is 4.74 Å². The predicted octanol–water partition coefficient (Wildman–Crippen LogP) is 4.20. The van der Waals surface area contributed by atoms with Gasteiger partial charge in [-0.05, 0) is 58.4 Å². The fraction of sp³-hybridized carbons (Fsp3) is 0.654. The van der Waals surface area contributed by atoms with Crippen LogP contribution in [0.4, 0.5) is 4.79 Å². The number of unbranched alkanes of at least 4 members (excludes halogenated alkanes) is 1. The number of hydrogen-bond donors (Lipinski definition) is 3. The van der Waals surface area contributed by atoms with Crippen molar-refractivity contribution in [2.45, 2.75) is 97.9 Å². The van der Waals surface area contributed by atoms with Crippen LogP contribution in [0.15, 0.2) is 18.2 Å². The van der Waals surface area contributed by atoms with Crippen molar-refractivity contribution >= 4 is 17.9 Å². The van der Waals surface area contributed by atoms with Gasteiger partial charge in [-0.15, -0.1) is 0 Å². The Labute approximate surface area is 203 Å². The molecule has 0 bridgehead atoms. The van der Waals surface area contributed by atoms with Crippen LogP contribution in [-0.2, 0) is 14.3 Å². The molecule has 8 nitrogen and oxygen atoms in total. The zero-order valence-electron chi connectivity index (χ0n) is 21.6. The number of benzene rings is 1. The van der Waals surface area contributed by atoms with Crippen LogP contribution in [0.3, 0.4) is 0 Å². The van der Waals surface area contributed by atoms with E-state index in [-0.39, 0.29) is 29.5 Å². The molecule has 0 aliphatic heterocycles. The molecule has 1 aromatic rings. The molecule has 34 heavy (non-hydrogen) atoms. The van der Waals surface area contributed by atoms with Gasteiger partial charge in [0.2, 0.25) is 11.8 Å². The molecular formula is C26H41N3O5. The van der Waals surface area contributed by atoms with E-state index in [0.717, 1.165) is 25.7 Å². The average molecular weight is 476 g/mol. The molecule has 0 aromatic heterocycles. The number of amides is 3. The van der Waals surface area contributed by atoms with Gasteiger partial charge < -0.3 is 25.4 Å². The first-order valence-corrected chi connectivity index (χ1v) is 12.2. The smallest absolute Gasteiger partial charge is 0.408 e. The molecular weight excluding hydrogens is 434 g/mol. The fourth-order valence-electron chi connectivity index (χ4n) is 3.78. The lowest BCUT2D eigenvalue weighted by Crippen LogP contribution is -2.55. The number of nitrogens with zero attached hydrogens (tertiary/aromatic N) is 1. The van der Waals surface area contributed by atoms with Crippen LogP contribution in [0.5, 0.6) is 5.75 Å². The van der Waals surface area contributed by atoms with Gasteiger partial charge >= 0.3 is 6.09 Å². The lowest BCUT2D eigenvalue weighted by molar-refractivity contribution is -0.144. The van der Waals surface area contributed by atoms with Crippen LogP contribution in [0, 0.1) is 12.8 Å². The standard InChI is InChI=1S/C26H41N3O5/c1-8-9-15-27-23(31)21(19-12-10-11-17(4)22(19)30)29(18-13-14-18)24(32)20(16(2)3)28-25(33)34-26(5,6)7/h10-12,16,18,20-21,30H,8-9,13-15H2,1-7H3,(H,27,31)(H,28,33). The summed E-state index contributed by atoms with van der Waals surface area (Å²) in [6, 6.07) is 3.18. The monoisotopic (exact) mass is 475 g/mol. The number of phenolic OH excluding ortho intramolecular Hbond substituents is 1. The SMILES string of the molecule is CCCCNC(=O)C(c1cccc(C)c1O)N(C(=O)C(NC(=O)OC(C)(C)C)C(C)C)C1CC1. The quantitative estimate of drug-likeness (QED) is 0.440. The molecule has 1 aliphatic rings. The maximum absolute atomic E-state index is 13.9. The summed E-state index contributed by atoms with van der Waals surface area (Å²) in [6.07, 6.45) is 2.56. The number of aromatic hydroxyl groups is 1. The highest BCUT2D eigenvalue weighted by atomic mass is 16.6. The molecule has 0 spiro atoms. The Morgan fingerprint density at radius 3 is 2.38 bits per heavy atom. The van der Waals surface area contributed by atoms with Crippen molar-refractivity contribution in [3.8, 4) is 5.75 Å². The van der Waals surface area contributed by atoms with Gasteiger partial charge in [0.15, 0.2) is 0 Å². The Kier molecular flexibility index (Phi) is 9.36. The summed E-state index contributed by atoms with van der Waals surface area (Å²) in [5, 5.41) is 16.5. The topological polar surface area (TPSA) is 108 Å². The van der Waals surface area contributed by atoms with Crippen molar-refractivity contribution in [1.29, 1.82) is 0 Å². The summed E-state index contributed by atoms with van der Waals surface area (Å²) in [5.41, 5.74) is 0.299. The molecule has 1 aromatic carbocycles. The molecule has 0 radical (unpaired) electrons. The van der Waals surface area contributed by atoms with Crippen LogP contribution >= 0.6 is 0 Å². The summed E-state index contributed by atoms with van der Waals surface area (Å²) < 4.78 is 5.38. The number of alkyl carbamates (subject to hydrolysis) is 1. The highest BCUT2D eigenvalue weighted by Gasteiger charge is 2.45. The van der Waals surface area contributed by atoms with Crippen LogP contribution in [0.25, 0.3) is 0 Å². The zero-order chi connectivity index (χ0) is 25.6. The van der Waals surface area contributed by atoms with Gasteiger partial charge in [0, 0.05) is 18.2 Å². The normalized spacial score (nSPS) is 15.4. The summed E-state index contributed by atoms with van der Waals surface area (Å²) in [6.45, 7) is 13.2. The van der Waals surface area contributed by atoms with E-state index in [1.807, 2.05) is 20.8 Å². The van der Waals surface area contributed by atoms with Crippen LogP contribution in [0.1, 0.15) is 84.4 Å². The van der Waals surface area contributed by atoms with Gasteiger partial charge in [-0.2, -0.15) is 0 Å². The number of aryl methyl sites for hydroxylation is 1. The Morgan fingerprint density at radius 2 is 1.85 bits per heavy atom. The van der Waals surface area contributed by atoms with E-state index in [1.54, 1.807) is 50.8 Å². The lowest BCUT2D eigenvalue weighted by Gasteiger charge is -2.36. The van der Waals surface area contributed by atoms with E-state index in [0.29, 0.717) is 17.7 Å². The first kappa shape index (κ1) is 27.5. The lowest BCUT2D eigenvalue weighted by atomic mass is 9.97. The number of para-hydroxylation sites is 1. The van der Waals surface area contributed by atoms with Crippen molar-refractivity contribution in [2.24, 2.45) is 5.92 Å². The summed E-state index contributed by atoms with van der Waals surface area (Å²) in [5.74, 6) is -0.941. The molecule has 1 saturated carbocycles. The van der Waals surface area contributed by atoms with Crippen LogP contribution in [-0.4, -0.2) is 52.1 Å². The highest BCUT2D eigenvalue weighted by Crippen LogP contribution is 2.39. The molecule has 2 unspecified atom stereocenters. The van der Waals surface area contributed by atoms with E-state index >= 15 is 0 Å². The highest BCUT2D eigenvalue weighted by molar-refractivity contribution is 5.93. The molecule has 1 aliphatic carbocycles. The maximum Gasteiger partial charge on any atom is 0.408 e. The third-order valence-corrected chi connectivity index (χ3v) is 5.72. The number of rotatable bonds is 10. The summed E-state index contributed by atoms with van der Waals surface area (Å²) in [7, 11) is 0. The maximum atomic E-state index is 13.9. The zero-order valence-corrected chi connectivity index (χ0v) is 21.6. The number of phenols is 1. The minimum Gasteiger partial charge on any atom is -0.507 e. The largest absolute Gasteiger partial charge is 0.507 e. The van der Waals surface area contributed by atoms with Crippen molar-refractivity contribution in [3.05, 3.63) is 29.3 Å². The van der Waals surface area contributed by atoms with E-state index in [9.17, 15) is 19.5 Å². The molecule has 1 fully saturated rings. The van der Waals surface area contributed by atoms with Gasteiger partial charge in [0.05, 0.1) is 0 Å². The Hall–Kier alpha value is -2.77. The Morgan fingerprint density at radius 1 is 1.21 bits per heavy atom. The summed E-state index contributed by atoms with van der Waals surface area (Å²) >= 11 is 0. The number of nitrogens with one attached hydrogen (secondary N) is 2. The van der Waals surface area contributed by atoms with E-state index < -0.39 is 23.8 Å². The van der Waals surface area contributed by atoms with Crippen molar-refractivity contribution < 1.29 is 24.2 Å². The molecule has 2 rings (SSSR count). The second-order valence-corrected chi connectivity index (χ2v) is 10.4. The van der Waals surface area contributed by atoms with Gasteiger partial charge in [0.25, 0.3) is 0 Å². The molecule has 3 N–H and O–H groups in total. The minimum atomic E-state index is -1.00. The molecule has 0 heterocycles. The molecule has 2 atom stereocenters. The molecule has 8 heteroatoms. The first-order chi connectivity index (χ1) is 15.9. The first-order valence-electron chi connectivity index (χ1n) is 12.2. The fourth-order valence-corrected chi connectivity index (χ4v) is 3.78.